The lowest BCUT2D eigenvalue weighted by molar-refractivity contribution is 0.162. The smallest absolute Gasteiger partial charge is 0.222 e. The molecule has 23 heavy (non-hydrogen) atoms. The largest absolute Gasteiger partial charge is 0.439 e. The van der Waals surface area contributed by atoms with Gasteiger partial charge in [0.25, 0.3) is 0 Å². The zero-order valence-corrected chi connectivity index (χ0v) is 13.5. The summed E-state index contributed by atoms with van der Waals surface area (Å²) in [6.07, 6.45) is 2.04. The number of aliphatic hydroxyl groups is 1. The highest BCUT2D eigenvalue weighted by atomic mass is 16.5. The van der Waals surface area contributed by atoms with E-state index in [0.29, 0.717) is 11.8 Å². The maximum absolute atomic E-state index is 9.03. The van der Waals surface area contributed by atoms with Gasteiger partial charge in [0.05, 0.1) is 6.61 Å². The topological polar surface area (TPSA) is 58.5 Å². The first kappa shape index (κ1) is 15.9. The molecule has 1 aromatic carbocycles. The van der Waals surface area contributed by atoms with E-state index < -0.39 is 0 Å². The molecule has 0 amide bonds. The highest BCUT2D eigenvalue weighted by molar-refractivity contribution is 5.27. The van der Waals surface area contributed by atoms with Crippen molar-refractivity contribution in [3.8, 4) is 11.6 Å². The Morgan fingerprint density at radius 1 is 1.17 bits per heavy atom. The summed E-state index contributed by atoms with van der Waals surface area (Å²) < 4.78 is 5.86. The first-order chi connectivity index (χ1) is 11.2. The number of hydrogen-bond acceptors (Lipinski definition) is 5. The van der Waals surface area contributed by atoms with E-state index in [9.17, 15) is 0 Å². The highest BCUT2D eigenvalue weighted by Crippen LogP contribution is 2.28. The van der Waals surface area contributed by atoms with Gasteiger partial charge in [0.1, 0.15) is 11.6 Å². The molecule has 2 aromatic rings. The fraction of sp³-hybridized carbons (Fsp3) is 0.444. The molecule has 1 fully saturated rings. The van der Waals surface area contributed by atoms with Gasteiger partial charge in [-0.15, -0.1) is 0 Å². The lowest BCUT2D eigenvalue weighted by atomic mass is 9.96. The number of aryl methyl sites for hydroxylation is 1. The third kappa shape index (κ3) is 4.27. The standard InChI is InChI=1S/C18H23N3O2/c1-14-13-17(23-16-5-3-2-4-6-16)20-18(19-14)15-7-9-21(10-8-15)11-12-22/h2-6,13,15,22H,7-12H2,1H3. The number of nitrogens with zero attached hydrogens (tertiary/aromatic N) is 3. The third-order valence-electron chi connectivity index (χ3n) is 4.18. The van der Waals surface area contributed by atoms with E-state index in [-0.39, 0.29) is 6.61 Å². The first-order valence-electron chi connectivity index (χ1n) is 8.16. The summed E-state index contributed by atoms with van der Waals surface area (Å²) in [5, 5.41) is 9.03. The SMILES string of the molecule is Cc1cc(Oc2ccccc2)nc(C2CCN(CCO)CC2)n1. The molecule has 1 saturated heterocycles. The Balaban J connectivity index is 1.71. The van der Waals surface area contributed by atoms with E-state index >= 15 is 0 Å². The van der Waals surface area contributed by atoms with Gasteiger partial charge in [0.2, 0.25) is 5.88 Å². The summed E-state index contributed by atoms with van der Waals surface area (Å²) in [4.78, 5) is 11.5. The maximum atomic E-state index is 9.03. The average molecular weight is 313 g/mol. The number of likely N-dealkylation sites (tertiary alicyclic amines) is 1. The summed E-state index contributed by atoms with van der Waals surface area (Å²) in [6, 6.07) is 11.6. The lowest BCUT2D eigenvalue weighted by Crippen LogP contribution is -2.35. The van der Waals surface area contributed by atoms with Gasteiger partial charge in [0, 0.05) is 24.2 Å². The van der Waals surface area contributed by atoms with Crippen LogP contribution in [0.4, 0.5) is 0 Å². The van der Waals surface area contributed by atoms with Crippen molar-refractivity contribution in [2.24, 2.45) is 0 Å². The molecular formula is C18H23N3O2. The molecular weight excluding hydrogens is 290 g/mol. The van der Waals surface area contributed by atoms with Crippen molar-refractivity contribution in [1.82, 2.24) is 14.9 Å². The average Bonchev–Trinajstić information content (AvgIpc) is 2.56. The van der Waals surface area contributed by atoms with Crippen molar-refractivity contribution >= 4 is 0 Å². The molecule has 1 aliphatic heterocycles. The Hall–Kier alpha value is -1.98. The van der Waals surface area contributed by atoms with Crippen LogP contribution >= 0.6 is 0 Å². The fourth-order valence-corrected chi connectivity index (χ4v) is 2.96. The Bertz CT molecular complexity index is 625. The number of piperidine rings is 1. The monoisotopic (exact) mass is 313 g/mol. The predicted molar refractivity (Wildman–Crippen MR) is 88.8 cm³/mol. The molecule has 3 rings (SSSR count). The number of para-hydroxylation sites is 1. The molecule has 1 N–H and O–H groups in total. The lowest BCUT2D eigenvalue weighted by Gasteiger charge is -2.30. The minimum absolute atomic E-state index is 0.223. The number of hydrogen-bond donors (Lipinski definition) is 1. The third-order valence-corrected chi connectivity index (χ3v) is 4.18. The quantitative estimate of drug-likeness (QED) is 0.920. The maximum Gasteiger partial charge on any atom is 0.222 e. The zero-order chi connectivity index (χ0) is 16.1. The molecule has 0 atom stereocenters. The second-order valence-corrected chi connectivity index (χ2v) is 5.96. The molecule has 0 unspecified atom stereocenters. The Kier molecular flexibility index (Phi) is 5.20. The molecule has 0 bridgehead atoms. The molecule has 122 valence electrons. The van der Waals surface area contributed by atoms with Crippen LogP contribution in [0, 0.1) is 6.92 Å². The van der Waals surface area contributed by atoms with Gasteiger partial charge in [-0.2, -0.15) is 4.98 Å². The minimum Gasteiger partial charge on any atom is -0.439 e. The predicted octanol–water partition coefficient (Wildman–Crippen LogP) is 2.75. The highest BCUT2D eigenvalue weighted by Gasteiger charge is 2.23. The number of aromatic nitrogens is 2. The van der Waals surface area contributed by atoms with Crippen molar-refractivity contribution in [2.45, 2.75) is 25.7 Å². The molecule has 5 heteroatoms. The zero-order valence-electron chi connectivity index (χ0n) is 13.5. The van der Waals surface area contributed by atoms with E-state index in [2.05, 4.69) is 14.9 Å². The van der Waals surface area contributed by atoms with Crippen molar-refractivity contribution in [3.05, 3.63) is 47.9 Å². The van der Waals surface area contributed by atoms with Crippen LogP contribution in [0.25, 0.3) is 0 Å². The molecule has 0 aliphatic carbocycles. The molecule has 0 saturated carbocycles. The van der Waals surface area contributed by atoms with Gasteiger partial charge in [-0.05, 0) is 45.0 Å². The van der Waals surface area contributed by atoms with Crippen LogP contribution in [-0.2, 0) is 0 Å². The van der Waals surface area contributed by atoms with Crippen molar-refractivity contribution in [2.75, 3.05) is 26.2 Å². The number of benzene rings is 1. The van der Waals surface area contributed by atoms with E-state index in [1.165, 1.54) is 0 Å². The molecule has 5 nitrogen and oxygen atoms in total. The molecule has 0 spiro atoms. The number of ether oxygens (including phenoxy) is 1. The summed E-state index contributed by atoms with van der Waals surface area (Å²) in [7, 11) is 0. The van der Waals surface area contributed by atoms with Gasteiger partial charge < -0.3 is 14.7 Å². The minimum atomic E-state index is 0.223. The summed E-state index contributed by atoms with van der Waals surface area (Å²) >= 11 is 0. The van der Waals surface area contributed by atoms with Gasteiger partial charge in [-0.1, -0.05) is 18.2 Å². The van der Waals surface area contributed by atoms with Gasteiger partial charge in [0.15, 0.2) is 0 Å². The molecule has 0 radical (unpaired) electrons. The summed E-state index contributed by atoms with van der Waals surface area (Å²) in [5.41, 5.74) is 0.929. The van der Waals surface area contributed by atoms with Crippen molar-refractivity contribution in [3.63, 3.8) is 0 Å². The number of aliphatic hydroxyl groups excluding tert-OH is 1. The van der Waals surface area contributed by atoms with Gasteiger partial charge in [-0.3, -0.25) is 0 Å². The van der Waals surface area contributed by atoms with E-state index in [0.717, 1.165) is 49.7 Å². The Labute approximate surface area is 137 Å². The summed E-state index contributed by atoms with van der Waals surface area (Å²) in [5.74, 6) is 2.63. The number of β-amino-alcohol motifs (C(OH)–C–C–N with tert-alkyl or cyclic N) is 1. The van der Waals surface area contributed by atoms with E-state index in [1.807, 2.05) is 43.3 Å². The van der Waals surface area contributed by atoms with Gasteiger partial charge in [-0.25, -0.2) is 4.98 Å². The van der Waals surface area contributed by atoms with Crippen LogP contribution in [0.2, 0.25) is 0 Å². The summed E-state index contributed by atoms with van der Waals surface area (Å²) in [6.45, 7) is 4.92. The Morgan fingerprint density at radius 2 is 1.91 bits per heavy atom. The molecule has 1 aliphatic rings. The van der Waals surface area contributed by atoms with Crippen LogP contribution in [-0.4, -0.2) is 46.2 Å². The first-order valence-corrected chi connectivity index (χ1v) is 8.16. The van der Waals surface area contributed by atoms with Crippen LogP contribution in [0.3, 0.4) is 0 Å². The van der Waals surface area contributed by atoms with E-state index in [1.54, 1.807) is 0 Å². The second kappa shape index (κ2) is 7.53. The van der Waals surface area contributed by atoms with Crippen molar-refractivity contribution < 1.29 is 9.84 Å². The fourth-order valence-electron chi connectivity index (χ4n) is 2.96. The van der Waals surface area contributed by atoms with Crippen LogP contribution in [0.1, 0.15) is 30.3 Å². The van der Waals surface area contributed by atoms with Crippen LogP contribution in [0.5, 0.6) is 11.6 Å². The normalized spacial score (nSPS) is 16.4. The second-order valence-electron chi connectivity index (χ2n) is 5.96. The van der Waals surface area contributed by atoms with Gasteiger partial charge >= 0.3 is 0 Å². The Morgan fingerprint density at radius 3 is 2.61 bits per heavy atom. The molecule has 2 heterocycles. The van der Waals surface area contributed by atoms with E-state index in [4.69, 9.17) is 9.84 Å². The van der Waals surface area contributed by atoms with Crippen LogP contribution < -0.4 is 4.74 Å². The number of rotatable bonds is 5. The molecule has 1 aromatic heterocycles. The van der Waals surface area contributed by atoms with Crippen LogP contribution in [0.15, 0.2) is 36.4 Å². The van der Waals surface area contributed by atoms with Crippen molar-refractivity contribution in [1.29, 1.82) is 0 Å².